The van der Waals surface area contributed by atoms with Gasteiger partial charge >= 0.3 is 5.97 Å². The predicted molar refractivity (Wildman–Crippen MR) is 107 cm³/mol. The van der Waals surface area contributed by atoms with Crippen molar-refractivity contribution in [1.29, 1.82) is 0 Å². The van der Waals surface area contributed by atoms with Crippen molar-refractivity contribution >= 4 is 11.9 Å². The highest BCUT2D eigenvalue weighted by molar-refractivity contribution is 5.97. The van der Waals surface area contributed by atoms with Gasteiger partial charge in [0, 0.05) is 12.6 Å². The Hall–Kier alpha value is -3.28. The van der Waals surface area contributed by atoms with Crippen molar-refractivity contribution in [2.45, 2.75) is 18.8 Å². The first-order valence-corrected chi connectivity index (χ1v) is 8.97. The molecular weight excluding hydrogens is 358 g/mol. The average molecular weight is 383 g/mol. The minimum atomic E-state index is -1.22. The molecule has 0 saturated carbocycles. The molecule has 6 heteroatoms. The van der Waals surface area contributed by atoms with Crippen LogP contribution in [0.15, 0.2) is 61.2 Å². The summed E-state index contributed by atoms with van der Waals surface area (Å²) in [5.41, 5.74) is -0.278. The molecule has 2 aromatic carbocycles. The third-order valence-electron chi connectivity index (χ3n) is 4.68. The molecule has 2 aromatic rings. The lowest BCUT2D eigenvalue weighted by molar-refractivity contribution is -0.143. The number of hydrogen-bond donors (Lipinski definition) is 2. The molecule has 2 N–H and O–H groups in total. The number of rotatable bonds is 10. The van der Waals surface area contributed by atoms with Crippen LogP contribution in [0.3, 0.4) is 0 Å². The molecule has 0 aromatic heterocycles. The van der Waals surface area contributed by atoms with E-state index in [9.17, 15) is 14.7 Å². The van der Waals surface area contributed by atoms with Gasteiger partial charge in [-0.25, -0.2) is 0 Å². The largest absolute Gasteiger partial charge is 0.497 e. The van der Waals surface area contributed by atoms with Crippen LogP contribution in [0, 0.1) is 0 Å². The van der Waals surface area contributed by atoms with E-state index in [1.165, 1.54) is 7.11 Å². The van der Waals surface area contributed by atoms with Crippen LogP contribution in [-0.2, 0) is 10.2 Å². The molecule has 1 atom stereocenters. The highest BCUT2D eigenvalue weighted by Gasteiger charge is 2.39. The second kappa shape index (κ2) is 9.60. The predicted octanol–water partition coefficient (Wildman–Crippen LogP) is 3.42. The van der Waals surface area contributed by atoms with Gasteiger partial charge < -0.3 is 19.9 Å². The number of carbonyl (C=O) groups is 2. The van der Waals surface area contributed by atoms with Gasteiger partial charge in [0.2, 0.25) is 0 Å². The summed E-state index contributed by atoms with van der Waals surface area (Å²) < 4.78 is 10.7. The van der Waals surface area contributed by atoms with Crippen molar-refractivity contribution in [3.63, 3.8) is 0 Å². The van der Waals surface area contributed by atoms with Gasteiger partial charge in [0.15, 0.2) is 0 Å². The van der Waals surface area contributed by atoms with Crippen LogP contribution in [0.2, 0.25) is 0 Å². The lowest BCUT2D eigenvalue weighted by Gasteiger charge is -2.29. The summed E-state index contributed by atoms with van der Waals surface area (Å²) in [5, 5.41) is 12.7. The van der Waals surface area contributed by atoms with Crippen molar-refractivity contribution in [2.24, 2.45) is 0 Å². The van der Waals surface area contributed by atoms with E-state index in [1.54, 1.807) is 55.5 Å². The standard InChI is InChI=1S/C22H25NO5/c1-4-13-28-19-14-17(27-3)11-12-18(19)20(24)23-15-22(5-2,21(25)26)16-9-7-6-8-10-16/h4,6-12,14H,1,5,13,15H2,2-3H3,(H,23,24)(H,25,26). The molecule has 0 fully saturated rings. The highest BCUT2D eigenvalue weighted by atomic mass is 16.5. The lowest BCUT2D eigenvalue weighted by atomic mass is 9.78. The monoisotopic (exact) mass is 383 g/mol. The van der Waals surface area contributed by atoms with Gasteiger partial charge in [-0.1, -0.05) is 49.9 Å². The highest BCUT2D eigenvalue weighted by Crippen LogP contribution is 2.29. The molecule has 0 aliphatic carbocycles. The first-order chi connectivity index (χ1) is 13.5. The van der Waals surface area contributed by atoms with Gasteiger partial charge in [-0.2, -0.15) is 0 Å². The summed E-state index contributed by atoms with van der Waals surface area (Å²) in [4.78, 5) is 24.9. The maximum Gasteiger partial charge on any atom is 0.315 e. The van der Waals surface area contributed by atoms with Crippen LogP contribution in [0.4, 0.5) is 0 Å². The van der Waals surface area contributed by atoms with Crippen LogP contribution in [-0.4, -0.2) is 37.2 Å². The van der Waals surface area contributed by atoms with E-state index in [-0.39, 0.29) is 13.2 Å². The maximum absolute atomic E-state index is 12.8. The molecule has 0 aliphatic heterocycles. The number of ether oxygens (including phenoxy) is 2. The topological polar surface area (TPSA) is 84.9 Å². The number of methoxy groups -OCH3 is 1. The Bertz CT molecular complexity index is 834. The molecule has 148 valence electrons. The fourth-order valence-corrected chi connectivity index (χ4v) is 2.95. The third-order valence-corrected chi connectivity index (χ3v) is 4.68. The first kappa shape index (κ1) is 21.0. The van der Waals surface area contributed by atoms with Gasteiger partial charge in [0.05, 0.1) is 12.7 Å². The van der Waals surface area contributed by atoms with Crippen molar-refractivity contribution in [3.05, 3.63) is 72.3 Å². The molecular formula is C22H25NO5. The van der Waals surface area contributed by atoms with Crippen LogP contribution in [0.5, 0.6) is 11.5 Å². The minimum Gasteiger partial charge on any atom is -0.497 e. The Labute approximate surface area is 164 Å². The molecule has 0 saturated heterocycles. The lowest BCUT2D eigenvalue weighted by Crippen LogP contribution is -2.46. The van der Waals surface area contributed by atoms with Crippen molar-refractivity contribution < 1.29 is 24.2 Å². The molecule has 0 heterocycles. The summed E-state index contributed by atoms with van der Waals surface area (Å²) in [6.45, 7) is 5.58. The van der Waals surface area contributed by atoms with Crippen LogP contribution >= 0.6 is 0 Å². The summed E-state index contributed by atoms with van der Waals surface area (Å²) in [5.74, 6) is -0.515. The minimum absolute atomic E-state index is 0.0470. The van der Waals surface area contributed by atoms with E-state index in [1.807, 2.05) is 6.07 Å². The number of carboxylic acids is 1. The molecule has 1 unspecified atom stereocenters. The number of benzene rings is 2. The van der Waals surface area contributed by atoms with E-state index in [0.29, 0.717) is 29.0 Å². The van der Waals surface area contributed by atoms with E-state index in [2.05, 4.69) is 11.9 Å². The van der Waals surface area contributed by atoms with Crippen LogP contribution < -0.4 is 14.8 Å². The van der Waals surface area contributed by atoms with Crippen molar-refractivity contribution in [3.8, 4) is 11.5 Å². The number of carboxylic acid groups (broad SMARTS) is 1. The van der Waals surface area contributed by atoms with Gasteiger partial charge in [-0.3, -0.25) is 9.59 Å². The second-order valence-electron chi connectivity index (χ2n) is 6.25. The Morgan fingerprint density at radius 3 is 2.50 bits per heavy atom. The fourth-order valence-electron chi connectivity index (χ4n) is 2.95. The zero-order valence-corrected chi connectivity index (χ0v) is 16.1. The summed E-state index contributed by atoms with van der Waals surface area (Å²) in [6.07, 6.45) is 1.90. The normalized spacial score (nSPS) is 12.5. The average Bonchev–Trinajstić information content (AvgIpc) is 2.73. The maximum atomic E-state index is 12.8. The number of nitrogens with one attached hydrogen (secondary N) is 1. The Morgan fingerprint density at radius 1 is 1.21 bits per heavy atom. The van der Waals surface area contributed by atoms with Gasteiger partial charge in [-0.15, -0.1) is 0 Å². The third kappa shape index (κ3) is 4.52. The summed E-state index contributed by atoms with van der Waals surface area (Å²) in [7, 11) is 1.52. The van der Waals surface area contributed by atoms with E-state index in [4.69, 9.17) is 9.47 Å². The molecule has 0 bridgehead atoms. The Kier molecular flexibility index (Phi) is 7.21. The molecule has 0 aliphatic rings. The van der Waals surface area contributed by atoms with Crippen molar-refractivity contribution in [1.82, 2.24) is 5.32 Å². The number of aliphatic carboxylic acids is 1. The van der Waals surface area contributed by atoms with Crippen LogP contribution in [0.1, 0.15) is 29.3 Å². The number of amides is 1. The number of carbonyl (C=O) groups excluding carboxylic acids is 1. The molecule has 2 rings (SSSR count). The van der Waals surface area contributed by atoms with Crippen LogP contribution in [0.25, 0.3) is 0 Å². The molecule has 28 heavy (non-hydrogen) atoms. The van der Waals surface area contributed by atoms with Crippen molar-refractivity contribution in [2.75, 3.05) is 20.3 Å². The summed E-state index contributed by atoms with van der Waals surface area (Å²) >= 11 is 0. The SMILES string of the molecule is C=CCOc1cc(OC)ccc1C(=O)NCC(CC)(C(=O)O)c1ccccc1. The molecule has 1 amide bonds. The van der Waals surface area contributed by atoms with Gasteiger partial charge in [0.25, 0.3) is 5.91 Å². The van der Waals surface area contributed by atoms with E-state index >= 15 is 0 Å². The van der Waals surface area contributed by atoms with Gasteiger partial charge in [0.1, 0.15) is 23.5 Å². The molecule has 0 radical (unpaired) electrons. The van der Waals surface area contributed by atoms with E-state index in [0.717, 1.165) is 0 Å². The zero-order valence-electron chi connectivity index (χ0n) is 16.1. The fraction of sp³-hybridized carbons (Fsp3) is 0.273. The quantitative estimate of drug-likeness (QED) is 0.614. The smallest absolute Gasteiger partial charge is 0.315 e. The number of hydrogen-bond acceptors (Lipinski definition) is 4. The van der Waals surface area contributed by atoms with Gasteiger partial charge in [-0.05, 0) is 24.1 Å². The first-order valence-electron chi connectivity index (χ1n) is 8.97. The second-order valence-corrected chi connectivity index (χ2v) is 6.25. The Balaban J connectivity index is 2.28. The zero-order chi connectivity index (χ0) is 20.6. The summed E-state index contributed by atoms with van der Waals surface area (Å²) in [6, 6.07) is 13.8. The molecule has 6 nitrogen and oxygen atoms in total. The molecule has 0 spiro atoms. The Morgan fingerprint density at radius 2 is 1.93 bits per heavy atom. The van der Waals surface area contributed by atoms with E-state index < -0.39 is 17.3 Å².